The van der Waals surface area contributed by atoms with Gasteiger partial charge >= 0.3 is 0 Å². The minimum Gasteiger partial charge on any atom is -0.394 e. The topological polar surface area (TPSA) is 68.9 Å². The Kier molecular flexibility index (Phi) is 3.23. The van der Waals surface area contributed by atoms with Crippen molar-refractivity contribution in [3.8, 4) is 6.07 Å². The normalized spacial score (nSPS) is 12.2. The molecule has 0 saturated carbocycles. The molecule has 0 amide bonds. The molecule has 1 atom stereocenters. The largest absolute Gasteiger partial charge is 0.394 e. The van der Waals surface area contributed by atoms with Gasteiger partial charge in [-0.1, -0.05) is 11.3 Å². The molecule has 0 aliphatic carbocycles. The lowest BCUT2D eigenvalue weighted by Crippen LogP contribution is -2.18. The highest BCUT2D eigenvalue weighted by Gasteiger charge is 2.08. The average molecular weight is 197 g/mol. The van der Waals surface area contributed by atoms with Gasteiger partial charge in [-0.3, -0.25) is 0 Å². The summed E-state index contributed by atoms with van der Waals surface area (Å²) in [7, 11) is 0. The van der Waals surface area contributed by atoms with Crippen molar-refractivity contribution in [1.29, 1.82) is 5.26 Å². The lowest BCUT2D eigenvalue weighted by atomic mass is 10.4. The molecule has 13 heavy (non-hydrogen) atoms. The molecule has 0 fully saturated rings. The van der Waals surface area contributed by atoms with Gasteiger partial charge in [0.2, 0.25) is 0 Å². The third kappa shape index (κ3) is 2.41. The number of aryl methyl sites for hydroxylation is 1. The fourth-order valence-corrected chi connectivity index (χ4v) is 1.69. The van der Waals surface area contributed by atoms with Crippen molar-refractivity contribution in [1.82, 2.24) is 4.98 Å². The first-order valence-corrected chi connectivity index (χ1v) is 4.74. The fraction of sp³-hybridized carbons (Fsp3) is 0.500. The number of anilines is 1. The number of hydrogen-bond acceptors (Lipinski definition) is 5. The molecule has 2 N–H and O–H groups in total. The lowest BCUT2D eigenvalue weighted by Gasteiger charge is -2.07. The van der Waals surface area contributed by atoms with E-state index in [1.54, 1.807) is 6.92 Å². The monoisotopic (exact) mass is 197 g/mol. The fourth-order valence-electron chi connectivity index (χ4n) is 0.818. The molecule has 0 aliphatic rings. The molecule has 1 aromatic rings. The zero-order valence-electron chi connectivity index (χ0n) is 7.53. The molecule has 0 spiro atoms. The van der Waals surface area contributed by atoms with E-state index in [0.717, 1.165) is 5.69 Å². The highest BCUT2D eigenvalue weighted by molar-refractivity contribution is 7.16. The maximum Gasteiger partial charge on any atom is 0.184 e. The van der Waals surface area contributed by atoms with Gasteiger partial charge in [-0.25, -0.2) is 4.98 Å². The van der Waals surface area contributed by atoms with Crippen molar-refractivity contribution < 1.29 is 5.11 Å². The molecule has 0 radical (unpaired) electrons. The number of nitrogens with one attached hydrogen (secondary N) is 1. The number of rotatable bonds is 3. The molecule has 5 heteroatoms. The van der Waals surface area contributed by atoms with Crippen LogP contribution in [0.15, 0.2) is 0 Å². The SMILES string of the molecule is Cc1nc(NC(C)CO)sc1C#N. The van der Waals surface area contributed by atoms with Gasteiger partial charge in [0.15, 0.2) is 5.13 Å². The maximum atomic E-state index is 8.78. The summed E-state index contributed by atoms with van der Waals surface area (Å²) in [5.41, 5.74) is 0.736. The predicted octanol–water partition coefficient (Wildman–Crippen LogP) is 1.12. The lowest BCUT2D eigenvalue weighted by molar-refractivity contribution is 0.281. The van der Waals surface area contributed by atoms with Crippen LogP contribution in [-0.4, -0.2) is 22.7 Å². The summed E-state index contributed by atoms with van der Waals surface area (Å²) in [6.07, 6.45) is 0. The summed E-state index contributed by atoms with van der Waals surface area (Å²) in [5, 5.41) is 21.1. The smallest absolute Gasteiger partial charge is 0.184 e. The second-order valence-corrected chi connectivity index (χ2v) is 3.77. The van der Waals surface area contributed by atoms with Gasteiger partial charge in [0.25, 0.3) is 0 Å². The van der Waals surface area contributed by atoms with Crippen LogP contribution in [0.1, 0.15) is 17.5 Å². The minimum atomic E-state index is -0.0305. The third-order valence-electron chi connectivity index (χ3n) is 1.54. The predicted molar refractivity (Wildman–Crippen MR) is 51.7 cm³/mol. The number of nitriles is 1. The second-order valence-electron chi connectivity index (χ2n) is 2.77. The van der Waals surface area contributed by atoms with Gasteiger partial charge in [0.05, 0.1) is 12.3 Å². The molecule has 1 heterocycles. The van der Waals surface area contributed by atoms with Crippen molar-refractivity contribution in [2.45, 2.75) is 19.9 Å². The summed E-state index contributed by atoms with van der Waals surface area (Å²) in [4.78, 5) is 4.76. The molecule has 4 nitrogen and oxygen atoms in total. The van der Waals surface area contributed by atoms with Crippen LogP contribution in [0.4, 0.5) is 5.13 Å². The highest BCUT2D eigenvalue weighted by Crippen LogP contribution is 2.21. The molecule has 70 valence electrons. The summed E-state index contributed by atoms with van der Waals surface area (Å²) < 4.78 is 0. The number of hydrogen-bond donors (Lipinski definition) is 2. The van der Waals surface area contributed by atoms with Crippen molar-refractivity contribution >= 4 is 16.5 Å². The van der Waals surface area contributed by atoms with E-state index in [0.29, 0.717) is 10.0 Å². The van der Waals surface area contributed by atoms with Crippen molar-refractivity contribution in [2.24, 2.45) is 0 Å². The zero-order valence-corrected chi connectivity index (χ0v) is 8.35. The zero-order chi connectivity index (χ0) is 9.84. The Bertz CT molecular complexity index is 329. The summed E-state index contributed by atoms with van der Waals surface area (Å²) in [5.74, 6) is 0. The molecular weight excluding hydrogens is 186 g/mol. The van der Waals surface area contributed by atoms with Crippen LogP contribution in [0.5, 0.6) is 0 Å². The highest BCUT2D eigenvalue weighted by atomic mass is 32.1. The van der Waals surface area contributed by atoms with E-state index in [-0.39, 0.29) is 12.6 Å². The quantitative estimate of drug-likeness (QED) is 0.761. The van der Waals surface area contributed by atoms with Crippen molar-refractivity contribution in [3.63, 3.8) is 0 Å². The van der Waals surface area contributed by atoms with E-state index in [1.165, 1.54) is 11.3 Å². The number of aliphatic hydroxyl groups is 1. The van der Waals surface area contributed by atoms with Crippen LogP contribution in [0.25, 0.3) is 0 Å². The Hall–Kier alpha value is -1.12. The molecule has 0 aliphatic heterocycles. The van der Waals surface area contributed by atoms with Gasteiger partial charge in [0, 0.05) is 6.04 Å². The Morgan fingerprint density at radius 1 is 1.77 bits per heavy atom. The first kappa shape index (κ1) is 9.96. The molecule has 1 aromatic heterocycles. The summed E-state index contributed by atoms with van der Waals surface area (Å²) in [6, 6.07) is 2.03. The van der Waals surface area contributed by atoms with E-state index in [2.05, 4.69) is 16.4 Å². The number of aliphatic hydroxyl groups excluding tert-OH is 1. The Labute approximate surface area is 80.9 Å². The first-order chi connectivity index (χ1) is 6.17. The minimum absolute atomic E-state index is 0.0305. The number of thiazole rings is 1. The van der Waals surface area contributed by atoms with E-state index in [4.69, 9.17) is 10.4 Å². The molecule has 0 aromatic carbocycles. The third-order valence-corrected chi connectivity index (χ3v) is 2.54. The van der Waals surface area contributed by atoms with Gasteiger partial charge in [-0.2, -0.15) is 5.26 Å². The van der Waals surface area contributed by atoms with Crippen LogP contribution in [0, 0.1) is 18.3 Å². The standard InChI is InChI=1S/C8H11N3OS/c1-5(4-12)10-8-11-6(2)7(3-9)13-8/h5,12H,4H2,1-2H3,(H,10,11). The maximum absolute atomic E-state index is 8.78. The van der Waals surface area contributed by atoms with Gasteiger partial charge in [0.1, 0.15) is 10.9 Å². The molecule has 1 unspecified atom stereocenters. The van der Waals surface area contributed by atoms with Crippen LogP contribution >= 0.6 is 11.3 Å². The molecule has 0 saturated heterocycles. The van der Waals surface area contributed by atoms with Gasteiger partial charge < -0.3 is 10.4 Å². The van der Waals surface area contributed by atoms with Crippen molar-refractivity contribution in [3.05, 3.63) is 10.6 Å². The van der Waals surface area contributed by atoms with Crippen LogP contribution in [0.3, 0.4) is 0 Å². The van der Waals surface area contributed by atoms with Crippen LogP contribution in [-0.2, 0) is 0 Å². The average Bonchev–Trinajstić information content (AvgIpc) is 2.46. The van der Waals surface area contributed by atoms with Crippen LogP contribution < -0.4 is 5.32 Å². The van der Waals surface area contributed by atoms with Crippen LogP contribution in [0.2, 0.25) is 0 Å². The van der Waals surface area contributed by atoms with Gasteiger partial charge in [-0.15, -0.1) is 0 Å². The first-order valence-electron chi connectivity index (χ1n) is 3.92. The second kappa shape index (κ2) is 4.21. The van der Waals surface area contributed by atoms with Crippen molar-refractivity contribution in [2.75, 3.05) is 11.9 Å². The van der Waals surface area contributed by atoms with E-state index in [9.17, 15) is 0 Å². The summed E-state index contributed by atoms with van der Waals surface area (Å²) in [6.45, 7) is 3.70. The number of aromatic nitrogens is 1. The van der Waals surface area contributed by atoms with Gasteiger partial charge in [-0.05, 0) is 13.8 Å². The van der Waals surface area contributed by atoms with E-state index in [1.807, 2.05) is 6.92 Å². The van der Waals surface area contributed by atoms with E-state index < -0.39 is 0 Å². The molecule has 1 rings (SSSR count). The Morgan fingerprint density at radius 3 is 2.92 bits per heavy atom. The van der Waals surface area contributed by atoms with E-state index >= 15 is 0 Å². The Morgan fingerprint density at radius 2 is 2.46 bits per heavy atom. The number of nitrogens with zero attached hydrogens (tertiary/aromatic N) is 2. The molecular formula is C8H11N3OS. The Balaban J connectivity index is 2.75. The molecule has 0 bridgehead atoms. The summed E-state index contributed by atoms with van der Waals surface area (Å²) >= 11 is 1.31.